The van der Waals surface area contributed by atoms with E-state index in [1.165, 1.54) is 0 Å². The molecular weight excluding hydrogens is 268 g/mol. The molecule has 0 radical (unpaired) electrons. The molecule has 1 aromatic carbocycles. The maximum atomic E-state index is 12.0. The summed E-state index contributed by atoms with van der Waals surface area (Å²) in [6, 6.07) is 6.47. The maximum absolute atomic E-state index is 12.0. The first-order valence-electron chi connectivity index (χ1n) is 6.54. The predicted molar refractivity (Wildman–Crippen MR) is 79.5 cm³/mol. The highest BCUT2D eigenvalue weighted by molar-refractivity contribution is 6.42. The molecule has 4 N–H and O–H groups in total. The zero-order valence-corrected chi connectivity index (χ0v) is 11.1. The van der Waals surface area contributed by atoms with Gasteiger partial charge in [-0.25, -0.2) is 5.43 Å². The van der Waals surface area contributed by atoms with Crippen molar-refractivity contribution in [2.75, 3.05) is 5.73 Å². The monoisotopic (exact) mass is 282 g/mol. The fourth-order valence-electron chi connectivity index (χ4n) is 2.36. The van der Waals surface area contributed by atoms with Gasteiger partial charge in [-0.1, -0.05) is 30.4 Å². The van der Waals surface area contributed by atoms with Crippen molar-refractivity contribution >= 4 is 23.2 Å². The second-order valence-corrected chi connectivity index (χ2v) is 4.86. The first-order chi connectivity index (χ1) is 10.1. The van der Waals surface area contributed by atoms with Crippen molar-refractivity contribution in [3.8, 4) is 0 Å². The average molecular weight is 282 g/mol. The van der Waals surface area contributed by atoms with Gasteiger partial charge >= 0.3 is 0 Å². The number of allylic oxidation sites excluding steroid dienone is 2. The molecule has 1 saturated heterocycles. The second-order valence-electron chi connectivity index (χ2n) is 4.86. The predicted octanol–water partition coefficient (Wildman–Crippen LogP) is 0.595. The van der Waals surface area contributed by atoms with Gasteiger partial charge in [0.15, 0.2) is 0 Å². The van der Waals surface area contributed by atoms with E-state index < -0.39 is 5.91 Å². The van der Waals surface area contributed by atoms with Gasteiger partial charge in [0.25, 0.3) is 11.8 Å². The molecule has 6 nitrogen and oxygen atoms in total. The number of anilines is 1. The van der Waals surface area contributed by atoms with E-state index in [0.717, 1.165) is 0 Å². The fourth-order valence-corrected chi connectivity index (χ4v) is 2.36. The van der Waals surface area contributed by atoms with Crippen molar-refractivity contribution in [1.82, 2.24) is 10.7 Å². The number of amides is 2. The number of nitrogens with zero attached hydrogens (tertiary/aromatic N) is 1. The molecule has 2 atom stereocenters. The van der Waals surface area contributed by atoms with Gasteiger partial charge in [0.05, 0.1) is 12.0 Å². The maximum Gasteiger partial charge on any atom is 0.271 e. The average Bonchev–Trinajstić information content (AvgIpc) is 2.80. The third-order valence-electron chi connectivity index (χ3n) is 3.41. The topological polar surface area (TPSA) is 96.6 Å². The Kier molecular flexibility index (Phi) is 3.27. The van der Waals surface area contributed by atoms with Crippen LogP contribution in [0.4, 0.5) is 5.69 Å². The lowest BCUT2D eigenvalue weighted by atomic mass is 9.95. The van der Waals surface area contributed by atoms with Crippen LogP contribution in [0.1, 0.15) is 10.4 Å². The van der Waals surface area contributed by atoms with Crippen LogP contribution in [-0.4, -0.2) is 23.6 Å². The number of hydrogen-bond acceptors (Lipinski definition) is 4. The number of nitrogens with two attached hydrogens (primary N) is 1. The van der Waals surface area contributed by atoms with Crippen molar-refractivity contribution in [2.45, 2.75) is 6.04 Å². The summed E-state index contributed by atoms with van der Waals surface area (Å²) < 4.78 is 0. The molecular formula is C15H14N4O2. The highest BCUT2D eigenvalue weighted by atomic mass is 16.2. The molecule has 21 heavy (non-hydrogen) atoms. The number of fused-ring (bicyclic) bond motifs is 1. The van der Waals surface area contributed by atoms with E-state index >= 15 is 0 Å². The summed E-state index contributed by atoms with van der Waals surface area (Å²) in [7, 11) is 0. The summed E-state index contributed by atoms with van der Waals surface area (Å²) in [5.74, 6) is -0.820. The minimum absolute atomic E-state index is 0.0921. The van der Waals surface area contributed by atoms with E-state index in [2.05, 4.69) is 15.8 Å². The van der Waals surface area contributed by atoms with Crippen molar-refractivity contribution in [2.24, 2.45) is 11.0 Å². The Morgan fingerprint density at radius 1 is 1.29 bits per heavy atom. The summed E-state index contributed by atoms with van der Waals surface area (Å²) in [5, 5.41) is 6.77. The Balaban J connectivity index is 1.76. The molecule has 0 aromatic heterocycles. The lowest BCUT2D eigenvalue weighted by Gasteiger charge is -2.13. The smallest absolute Gasteiger partial charge is 0.271 e. The van der Waals surface area contributed by atoms with Crippen LogP contribution in [-0.2, 0) is 4.79 Å². The van der Waals surface area contributed by atoms with Gasteiger partial charge < -0.3 is 11.1 Å². The molecule has 1 aromatic rings. The molecule has 2 amide bonds. The molecule has 3 rings (SSSR count). The highest BCUT2D eigenvalue weighted by Crippen LogP contribution is 2.20. The first-order valence-corrected chi connectivity index (χ1v) is 6.54. The van der Waals surface area contributed by atoms with E-state index in [-0.39, 0.29) is 17.9 Å². The number of hydrazone groups is 1. The van der Waals surface area contributed by atoms with Crippen LogP contribution in [0.25, 0.3) is 0 Å². The van der Waals surface area contributed by atoms with Crippen LogP contribution in [0.15, 0.2) is 53.7 Å². The summed E-state index contributed by atoms with van der Waals surface area (Å²) in [6.45, 7) is 0. The minimum atomic E-state index is -0.401. The Hall–Kier alpha value is -2.89. The van der Waals surface area contributed by atoms with Crippen LogP contribution in [0.3, 0.4) is 0 Å². The van der Waals surface area contributed by atoms with Crippen LogP contribution in [0.2, 0.25) is 0 Å². The number of hydrogen-bond donors (Lipinski definition) is 3. The van der Waals surface area contributed by atoms with Gasteiger partial charge in [0, 0.05) is 11.3 Å². The van der Waals surface area contributed by atoms with Crippen LogP contribution < -0.4 is 16.5 Å². The number of nitrogen functional groups attached to an aromatic ring is 1. The molecule has 1 aliphatic carbocycles. The number of rotatable bonds is 2. The molecule has 0 spiro atoms. The van der Waals surface area contributed by atoms with Gasteiger partial charge in [-0.2, -0.15) is 5.10 Å². The summed E-state index contributed by atoms with van der Waals surface area (Å²) in [4.78, 5) is 23.8. The van der Waals surface area contributed by atoms with Crippen molar-refractivity contribution < 1.29 is 9.59 Å². The lowest BCUT2D eigenvalue weighted by Crippen LogP contribution is -2.26. The standard InChI is InChI=1S/C15H14N4O2/c16-10-5-3-4-9(8-10)14(20)19-18-13-11-6-1-2-7-12(11)17-15(13)21/h1-8,11-12H,16H2,(H,17,21)(H,19,20)/b18-13+/t11-,12+/m0/s1. The molecule has 6 heteroatoms. The van der Waals surface area contributed by atoms with E-state index in [1.54, 1.807) is 24.3 Å². The Morgan fingerprint density at radius 2 is 2.10 bits per heavy atom. The van der Waals surface area contributed by atoms with Crippen LogP contribution >= 0.6 is 0 Å². The SMILES string of the molecule is Nc1cccc(C(=O)N/N=C2/C(=O)N[C@@H]3C=CC=C[C@H]23)c1. The number of carbonyl (C=O) groups is 2. The van der Waals surface area contributed by atoms with Crippen molar-refractivity contribution in [1.29, 1.82) is 0 Å². The zero-order valence-electron chi connectivity index (χ0n) is 11.1. The quantitative estimate of drug-likeness (QED) is 0.547. The third kappa shape index (κ3) is 2.55. The molecule has 2 aliphatic rings. The number of carbonyl (C=O) groups excluding carboxylic acids is 2. The van der Waals surface area contributed by atoms with E-state index in [1.807, 2.05) is 24.3 Å². The lowest BCUT2D eigenvalue weighted by molar-refractivity contribution is -0.114. The zero-order chi connectivity index (χ0) is 14.8. The molecule has 1 fully saturated rings. The van der Waals surface area contributed by atoms with Crippen LogP contribution in [0, 0.1) is 5.92 Å². The number of benzene rings is 1. The summed E-state index contributed by atoms with van der Waals surface area (Å²) >= 11 is 0. The van der Waals surface area contributed by atoms with Gasteiger partial charge in [0.2, 0.25) is 0 Å². The normalized spacial score (nSPS) is 24.8. The van der Waals surface area contributed by atoms with Gasteiger partial charge in [-0.3, -0.25) is 9.59 Å². The first kappa shape index (κ1) is 13.1. The Labute approximate surface area is 121 Å². The largest absolute Gasteiger partial charge is 0.399 e. The van der Waals surface area contributed by atoms with Crippen molar-refractivity contribution in [3.63, 3.8) is 0 Å². The third-order valence-corrected chi connectivity index (χ3v) is 3.41. The summed E-state index contributed by atoms with van der Waals surface area (Å²) in [5.41, 5.74) is 9.23. The number of nitrogens with one attached hydrogen (secondary N) is 2. The van der Waals surface area contributed by atoms with E-state index in [9.17, 15) is 9.59 Å². The van der Waals surface area contributed by atoms with Crippen LogP contribution in [0.5, 0.6) is 0 Å². The second kappa shape index (κ2) is 5.24. The van der Waals surface area contributed by atoms with E-state index in [4.69, 9.17) is 5.73 Å². The molecule has 1 aliphatic heterocycles. The Bertz CT molecular complexity index is 691. The fraction of sp³-hybridized carbons (Fsp3) is 0.133. The molecule has 1 heterocycles. The molecule has 0 unspecified atom stereocenters. The molecule has 106 valence electrons. The molecule has 0 saturated carbocycles. The molecule has 0 bridgehead atoms. The van der Waals surface area contributed by atoms with Gasteiger partial charge in [0.1, 0.15) is 5.71 Å². The van der Waals surface area contributed by atoms with Gasteiger partial charge in [-0.15, -0.1) is 0 Å². The van der Waals surface area contributed by atoms with E-state index in [0.29, 0.717) is 17.0 Å². The van der Waals surface area contributed by atoms with Gasteiger partial charge in [-0.05, 0) is 18.2 Å². The summed E-state index contributed by atoms with van der Waals surface area (Å²) in [6.07, 6.45) is 7.51. The Morgan fingerprint density at radius 3 is 2.90 bits per heavy atom. The van der Waals surface area contributed by atoms with Crippen molar-refractivity contribution in [3.05, 3.63) is 54.1 Å². The minimum Gasteiger partial charge on any atom is -0.399 e. The highest BCUT2D eigenvalue weighted by Gasteiger charge is 2.37.